The Kier molecular flexibility index (Phi) is 5.44. The van der Waals surface area contributed by atoms with Gasteiger partial charge < -0.3 is 9.42 Å². The molecule has 1 atom stereocenters. The predicted molar refractivity (Wildman–Crippen MR) is 108 cm³/mol. The van der Waals surface area contributed by atoms with Crippen LogP contribution in [0.5, 0.6) is 0 Å². The number of nitrogens with zero attached hydrogens (tertiary/aromatic N) is 3. The highest BCUT2D eigenvalue weighted by atomic mass is 35.5. The maximum absolute atomic E-state index is 13.1. The second-order valence-electron chi connectivity index (χ2n) is 7.27. The Balaban J connectivity index is 1.47. The van der Waals surface area contributed by atoms with E-state index < -0.39 is 0 Å². The summed E-state index contributed by atoms with van der Waals surface area (Å²) in [7, 11) is 0. The standard InChI is InChI=1S/C22H22ClN3O2/c1-15-24-21(28-25-15)19-6-3-11-26(14-19)22(27)18-5-2-4-17(13-18)12-16-7-9-20(23)10-8-16/h2,4-5,7-10,13,19H,3,6,11-12,14H2,1H3. The summed E-state index contributed by atoms with van der Waals surface area (Å²) in [5, 5.41) is 4.60. The predicted octanol–water partition coefficient (Wildman–Crippen LogP) is 4.64. The number of benzene rings is 2. The van der Waals surface area contributed by atoms with Crippen LogP contribution in [0.3, 0.4) is 0 Å². The van der Waals surface area contributed by atoms with Crippen LogP contribution in [0.1, 0.15) is 52.0 Å². The molecule has 0 saturated carbocycles. The molecule has 1 fully saturated rings. The molecule has 0 radical (unpaired) electrons. The van der Waals surface area contributed by atoms with Gasteiger partial charge in [-0.3, -0.25) is 4.79 Å². The van der Waals surface area contributed by atoms with Crippen molar-refractivity contribution in [1.82, 2.24) is 15.0 Å². The molecule has 0 aliphatic carbocycles. The van der Waals surface area contributed by atoms with Crippen LogP contribution in [0.15, 0.2) is 53.1 Å². The minimum absolute atomic E-state index is 0.0545. The zero-order chi connectivity index (χ0) is 19.5. The second kappa shape index (κ2) is 8.15. The quantitative estimate of drug-likeness (QED) is 0.645. The molecule has 1 saturated heterocycles. The summed E-state index contributed by atoms with van der Waals surface area (Å²) < 4.78 is 5.32. The van der Waals surface area contributed by atoms with E-state index >= 15 is 0 Å². The second-order valence-corrected chi connectivity index (χ2v) is 7.71. The van der Waals surface area contributed by atoms with Crippen LogP contribution in [-0.2, 0) is 6.42 Å². The molecule has 1 unspecified atom stereocenters. The molecule has 4 rings (SSSR count). The Hall–Kier alpha value is -2.66. The van der Waals surface area contributed by atoms with E-state index in [1.807, 2.05) is 60.4 Å². The largest absolute Gasteiger partial charge is 0.339 e. The molecular weight excluding hydrogens is 374 g/mol. The normalized spacial score (nSPS) is 16.9. The zero-order valence-corrected chi connectivity index (χ0v) is 16.5. The molecule has 144 valence electrons. The fourth-order valence-electron chi connectivity index (χ4n) is 3.68. The third-order valence-electron chi connectivity index (χ3n) is 5.10. The first kappa shape index (κ1) is 18.7. The van der Waals surface area contributed by atoms with E-state index in [0.29, 0.717) is 23.8 Å². The molecule has 0 spiro atoms. The fourth-order valence-corrected chi connectivity index (χ4v) is 3.80. The Morgan fingerprint density at radius 2 is 2.04 bits per heavy atom. The van der Waals surface area contributed by atoms with Gasteiger partial charge in [-0.05, 0) is 61.6 Å². The van der Waals surface area contributed by atoms with E-state index in [1.54, 1.807) is 0 Å². The number of amides is 1. The van der Waals surface area contributed by atoms with E-state index in [-0.39, 0.29) is 11.8 Å². The van der Waals surface area contributed by atoms with Crippen LogP contribution in [0.25, 0.3) is 0 Å². The monoisotopic (exact) mass is 395 g/mol. The molecule has 3 aromatic rings. The van der Waals surface area contributed by atoms with Crippen molar-refractivity contribution in [3.05, 3.63) is 82.0 Å². The van der Waals surface area contributed by atoms with Gasteiger partial charge in [-0.1, -0.05) is 41.0 Å². The van der Waals surface area contributed by atoms with Crippen molar-refractivity contribution >= 4 is 17.5 Å². The Bertz CT molecular complexity index is 968. The lowest BCUT2D eigenvalue weighted by molar-refractivity contribution is 0.0695. The van der Waals surface area contributed by atoms with Gasteiger partial charge >= 0.3 is 0 Å². The van der Waals surface area contributed by atoms with Crippen LogP contribution in [0.2, 0.25) is 5.02 Å². The number of hydrogen-bond donors (Lipinski definition) is 0. The number of likely N-dealkylation sites (tertiary alicyclic amines) is 1. The van der Waals surface area contributed by atoms with E-state index in [0.717, 1.165) is 36.4 Å². The van der Waals surface area contributed by atoms with Gasteiger partial charge in [0.05, 0.1) is 5.92 Å². The first-order valence-electron chi connectivity index (χ1n) is 9.51. The summed E-state index contributed by atoms with van der Waals surface area (Å²) >= 11 is 5.96. The average Bonchev–Trinajstić information content (AvgIpc) is 3.16. The molecule has 1 aromatic heterocycles. The van der Waals surface area contributed by atoms with E-state index in [2.05, 4.69) is 10.1 Å². The first-order valence-corrected chi connectivity index (χ1v) is 9.89. The molecule has 2 heterocycles. The van der Waals surface area contributed by atoms with Crippen LogP contribution in [-0.4, -0.2) is 34.0 Å². The zero-order valence-electron chi connectivity index (χ0n) is 15.8. The highest BCUT2D eigenvalue weighted by Crippen LogP contribution is 2.27. The molecule has 1 aliphatic heterocycles. The Morgan fingerprint density at radius 3 is 2.79 bits per heavy atom. The van der Waals surface area contributed by atoms with Crippen LogP contribution >= 0.6 is 11.6 Å². The molecule has 0 N–H and O–H groups in total. The van der Waals surface area contributed by atoms with Crippen molar-refractivity contribution in [2.24, 2.45) is 0 Å². The summed E-state index contributed by atoms with van der Waals surface area (Å²) in [5.74, 6) is 1.43. The summed E-state index contributed by atoms with van der Waals surface area (Å²) in [4.78, 5) is 19.3. The lowest BCUT2D eigenvalue weighted by Gasteiger charge is -2.31. The topological polar surface area (TPSA) is 59.2 Å². The minimum Gasteiger partial charge on any atom is -0.339 e. The molecule has 6 heteroatoms. The number of rotatable bonds is 4. The number of piperidine rings is 1. The summed E-state index contributed by atoms with van der Waals surface area (Å²) in [6.07, 6.45) is 2.66. The van der Waals surface area contributed by atoms with Crippen molar-refractivity contribution in [2.45, 2.75) is 32.1 Å². The third kappa shape index (κ3) is 4.25. The van der Waals surface area contributed by atoms with Crippen molar-refractivity contribution < 1.29 is 9.32 Å². The van der Waals surface area contributed by atoms with Crippen molar-refractivity contribution in [1.29, 1.82) is 0 Å². The highest BCUT2D eigenvalue weighted by Gasteiger charge is 2.28. The smallest absolute Gasteiger partial charge is 0.253 e. The van der Waals surface area contributed by atoms with E-state index in [9.17, 15) is 4.79 Å². The van der Waals surface area contributed by atoms with Crippen LogP contribution < -0.4 is 0 Å². The van der Waals surface area contributed by atoms with Crippen LogP contribution in [0.4, 0.5) is 0 Å². The van der Waals surface area contributed by atoms with E-state index in [4.69, 9.17) is 16.1 Å². The lowest BCUT2D eigenvalue weighted by Crippen LogP contribution is -2.39. The maximum Gasteiger partial charge on any atom is 0.253 e. The highest BCUT2D eigenvalue weighted by molar-refractivity contribution is 6.30. The molecule has 28 heavy (non-hydrogen) atoms. The van der Waals surface area contributed by atoms with Gasteiger partial charge in [-0.25, -0.2) is 0 Å². The summed E-state index contributed by atoms with van der Waals surface area (Å²) in [6.45, 7) is 3.18. The van der Waals surface area contributed by atoms with Crippen molar-refractivity contribution in [3.8, 4) is 0 Å². The third-order valence-corrected chi connectivity index (χ3v) is 5.35. The Labute approximate surface area is 169 Å². The lowest BCUT2D eigenvalue weighted by atomic mass is 9.96. The molecule has 1 aliphatic rings. The van der Waals surface area contributed by atoms with Crippen LogP contribution in [0, 0.1) is 6.92 Å². The van der Waals surface area contributed by atoms with Gasteiger partial charge in [0.15, 0.2) is 5.82 Å². The summed E-state index contributed by atoms with van der Waals surface area (Å²) in [5.41, 5.74) is 2.99. The molecule has 0 bridgehead atoms. The van der Waals surface area contributed by atoms with Gasteiger partial charge in [0, 0.05) is 23.7 Å². The SMILES string of the molecule is Cc1noc(C2CCCN(C(=O)c3cccc(Cc4ccc(Cl)cc4)c3)C2)n1. The number of aromatic nitrogens is 2. The summed E-state index contributed by atoms with van der Waals surface area (Å²) in [6, 6.07) is 15.7. The van der Waals surface area contributed by atoms with Gasteiger partial charge in [0.1, 0.15) is 0 Å². The number of carbonyl (C=O) groups excluding carboxylic acids is 1. The van der Waals surface area contributed by atoms with Crippen molar-refractivity contribution in [2.75, 3.05) is 13.1 Å². The van der Waals surface area contributed by atoms with Gasteiger partial charge in [-0.2, -0.15) is 4.98 Å². The number of carbonyl (C=O) groups is 1. The Morgan fingerprint density at radius 1 is 1.21 bits per heavy atom. The minimum atomic E-state index is 0.0545. The van der Waals surface area contributed by atoms with E-state index in [1.165, 1.54) is 5.56 Å². The number of halogens is 1. The number of hydrogen-bond acceptors (Lipinski definition) is 4. The van der Waals surface area contributed by atoms with Gasteiger partial charge in [-0.15, -0.1) is 0 Å². The molecule has 1 amide bonds. The number of aryl methyl sites for hydroxylation is 1. The molecular formula is C22H22ClN3O2. The van der Waals surface area contributed by atoms with Crippen molar-refractivity contribution in [3.63, 3.8) is 0 Å². The first-order chi connectivity index (χ1) is 13.6. The molecule has 2 aromatic carbocycles. The fraction of sp³-hybridized carbons (Fsp3) is 0.318. The maximum atomic E-state index is 13.1. The van der Waals surface area contributed by atoms with Gasteiger partial charge in [0.2, 0.25) is 5.89 Å². The van der Waals surface area contributed by atoms with Gasteiger partial charge in [0.25, 0.3) is 5.91 Å². The average molecular weight is 396 g/mol. The molecule has 5 nitrogen and oxygen atoms in total.